The molecule has 1 aliphatic rings. The van der Waals surface area contributed by atoms with Gasteiger partial charge in [0.2, 0.25) is 0 Å². The molecule has 3 rings (SSSR count). The molecule has 1 unspecified atom stereocenters. The Hall–Kier alpha value is -0.540. The molecule has 0 spiro atoms. The minimum absolute atomic E-state index is 0.320. The van der Waals surface area contributed by atoms with Crippen LogP contribution in [0.25, 0.3) is 10.2 Å². The zero-order valence-corrected chi connectivity index (χ0v) is 11.6. The Bertz CT molecular complexity index is 569. The van der Waals surface area contributed by atoms with E-state index in [0.29, 0.717) is 10.7 Å². The summed E-state index contributed by atoms with van der Waals surface area (Å²) in [6.45, 7) is 9.06. The van der Waals surface area contributed by atoms with Gasteiger partial charge < -0.3 is 0 Å². The van der Waals surface area contributed by atoms with Crippen molar-refractivity contribution in [3.05, 3.63) is 22.7 Å². The van der Waals surface area contributed by atoms with Crippen LogP contribution in [0.4, 0.5) is 0 Å². The molecule has 0 bridgehead atoms. The van der Waals surface area contributed by atoms with Crippen molar-refractivity contribution in [1.82, 2.24) is 4.98 Å². The highest BCUT2D eigenvalue weighted by Gasteiger charge is 2.37. The van der Waals surface area contributed by atoms with Crippen LogP contribution in [-0.4, -0.2) is 9.73 Å². The molecule has 1 atom stereocenters. The maximum Gasteiger partial charge on any atom is 0.0907 e. The molecule has 0 saturated carbocycles. The van der Waals surface area contributed by atoms with Gasteiger partial charge >= 0.3 is 0 Å². The van der Waals surface area contributed by atoms with Crippen molar-refractivity contribution >= 4 is 33.3 Å². The van der Waals surface area contributed by atoms with E-state index in [1.807, 2.05) is 11.8 Å². The molecule has 1 aromatic carbocycles. The number of hydrogen-bond donors (Lipinski definition) is 0. The van der Waals surface area contributed by atoms with E-state index in [4.69, 9.17) is 0 Å². The summed E-state index contributed by atoms with van der Waals surface area (Å²) in [6, 6.07) is 4.62. The molecule has 1 aliphatic heterocycles. The van der Waals surface area contributed by atoms with Crippen LogP contribution in [0.3, 0.4) is 0 Å². The second kappa shape index (κ2) is 3.23. The number of thiazole rings is 1. The summed E-state index contributed by atoms with van der Waals surface area (Å²) in [4.78, 5) is 6.03. The van der Waals surface area contributed by atoms with Gasteiger partial charge in [0.15, 0.2) is 0 Å². The molecule has 2 heterocycles. The molecule has 0 aliphatic carbocycles. The lowest BCUT2D eigenvalue weighted by molar-refractivity contribution is 0.599. The Morgan fingerprint density at radius 2 is 2.06 bits per heavy atom. The van der Waals surface area contributed by atoms with Gasteiger partial charge in [-0.05, 0) is 44.4 Å². The zero-order chi connectivity index (χ0) is 11.5. The van der Waals surface area contributed by atoms with Gasteiger partial charge in [-0.15, -0.1) is 23.1 Å². The summed E-state index contributed by atoms with van der Waals surface area (Å²) in [7, 11) is 0. The van der Waals surface area contributed by atoms with Crippen LogP contribution in [0.1, 0.15) is 37.3 Å². The highest BCUT2D eigenvalue weighted by molar-refractivity contribution is 8.01. The normalized spacial score (nSPS) is 22.6. The number of aromatic nitrogens is 1. The van der Waals surface area contributed by atoms with Gasteiger partial charge in [-0.1, -0.05) is 6.92 Å². The Morgan fingerprint density at radius 3 is 2.81 bits per heavy atom. The number of rotatable bonds is 0. The molecule has 1 nitrogen and oxygen atoms in total. The Balaban J connectivity index is 2.24. The number of aryl methyl sites for hydroxylation is 1. The largest absolute Gasteiger partial charge is 0.242 e. The van der Waals surface area contributed by atoms with Gasteiger partial charge in [0.1, 0.15) is 0 Å². The van der Waals surface area contributed by atoms with Crippen LogP contribution in [0, 0.1) is 6.92 Å². The fourth-order valence-electron chi connectivity index (χ4n) is 2.26. The maximum absolute atomic E-state index is 4.58. The van der Waals surface area contributed by atoms with E-state index in [1.165, 1.54) is 20.7 Å². The number of nitrogens with zero attached hydrogens (tertiary/aromatic N) is 1. The van der Waals surface area contributed by atoms with Crippen molar-refractivity contribution in [3.8, 4) is 0 Å². The average molecular weight is 249 g/mol. The van der Waals surface area contributed by atoms with E-state index in [2.05, 4.69) is 44.8 Å². The first kappa shape index (κ1) is 10.6. The SMILES string of the molecule is Cc1nc2cc3c(cc2s1)SC(C)(C)C3C. The summed E-state index contributed by atoms with van der Waals surface area (Å²) < 4.78 is 1.65. The molecule has 2 aromatic rings. The molecule has 16 heavy (non-hydrogen) atoms. The van der Waals surface area contributed by atoms with Gasteiger partial charge in [-0.2, -0.15) is 0 Å². The third kappa shape index (κ3) is 1.41. The lowest BCUT2D eigenvalue weighted by Crippen LogP contribution is -2.17. The first-order chi connectivity index (χ1) is 7.47. The summed E-state index contributed by atoms with van der Waals surface area (Å²) in [5.41, 5.74) is 2.65. The highest BCUT2D eigenvalue weighted by atomic mass is 32.2. The van der Waals surface area contributed by atoms with Crippen LogP contribution >= 0.6 is 23.1 Å². The quantitative estimate of drug-likeness (QED) is 0.677. The first-order valence-corrected chi connectivity index (χ1v) is 7.21. The van der Waals surface area contributed by atoms with Crippen molar-refractivity contribution in [2.45, 2.75) is 43.3 Å². The molecular weight excluding hydrogens is 234 g/mol. The minimum Gasteiger partial charge on any atom is -0.242 e. The molecule has 0 saturated heterocycles. The fourth-order valence-corrected chi connectivity index (χ4v) is 4.58. The second-order valence-electron chi connectivity index (χ2n) is 5.02. The lowest BCUT2D eigenvalue weighted by atomic mass is 9.90. The number of fused-ring (bicyclic) bond motifs is 2. The third-order valence-electron chi connectivity index (χ3n) is 3.51. The van der Waals surface area contributed by atoms with Gasteiger partial charge in [-0.3, -0.25) is 0 Å². The van der Waals surface area contributed by atoms with Crippen LogP contribution in [0.15, 0.2) is 17.0 Å². The fraction of sp³-hybridized carbons (Fsp3) is 0.462. The molecule has 3 heteroatoms. The van der Waals surface area contributed by atoms with Crippen LogP contribution in [-0.2, 0) is 0 Å². The summed E-state index contributed by atoms with van der Waals surface area (Å²) in [5, 5.41) is 1.16. The Labute approximate surface area is 104 Å². The summed E-state index contributed by atoms with van der Waals surface area (Å²) in [6.07, 6.45) is 0. The van der Waals surface area contributed by atoms with E-state index in [1.54, 1.807) is 11.3 Å². The van der Waals surface area contributed by atoms with E-state index >= 15 is 0 Å². The van der Waals surface area contributed by atoms with E-state index < -0.39 is 0 Å². The maximum atomic E-state index is 4.58. The summed E-state index contributed by atoms with van der Waals surface area (Å²) >= 11 is 3.80. The van der Waals surface area contributed by atoms with Gasteiger partial charge in [0, 0.05) is 9.64 Å². The predicted molar refractivity (Wildman–Crippen MR) is 72.7 cm³/mol. The van der Waals surface area contributed by atoms with Crippen molar-refractivity contribution in [2.24, 2.45) is 0 Å². The second-order valence-corrected chi connectivity index (χ2v) is 7.95. The topological polar surface area (TPSA) is 12.9 Å². The standard InChI is InChI=1S/C13H15NS2/c1-7-9-5-10-12(15-8(2)14-10)6-11(9)16-13(7,3)4/h5-7H,1-4H3. The van der Waals surface area contributed by atoms with Crippen LogP contribution in [0.5, 0.6) is 0 Å². The molecular formula is C13H15NS2. The Morgan fingerprint density at radius 1 is 1.31 bits per heavy atom. The molecule has 0 radical (unpaired) electrons. The molecule has 1 aromatic heterocycles. The number of thioether (sulfide) groups is 1. The third-order valence-corrected chi connectivity index (χ3v) is 5.90. The average Bonchev–Trinajstić information content (AvgIpc) is 2.62. The van der Waals surface area contributed by atoms with Crippen molar-refractivity contribution in [1.29, 1.82) is 0 Å². The highest BCUT2D eigenvalue weighted by Crippen LogP contribution is 2.53. The predicted octanol–water partition coefficient (Wildman–Crippen LogP) is 4.59. The van der Waals surface area contributed by atoms with E-state index in [9.17, 15) is 0 Å². The zero-order valence-electron chi connectivity index (χ0n) is 10.00. The first-order valence-electron chi connectivity index (χ1n) is 5.57. The van der Waals surface area contributed by atoms with Crippen LogP contribution in [0.2, 0.25) is 0 Å². The monoisotopic (exact) mass is 249 g/mol. The molecule has 0 N–H and O–H groups in total. The smallest absolute Gasteiger partial charge is 0.0907 e. The minimum atomic E-state index is 0.320. The van der Waals surface area contributed by atoms with Gasteiger partial charge in [0.25, 0.3) is 0 Å². The molecule has 0 amide bonds. The van der Waals surface area contributed by atoms with Crippen molar-refractivity contribution < 1.29 is 0 Å². The Kier molecular flexibility index (Phi) is 2.14. The van der Waals surface area contributed by atoms with Crippen molar-refractivity contribution in [3.63, 3.8) is 0 Å². The van der Waals surface area contributed by atoms with E-state index in [0.717, 1.165) is 5.01 Å². The van der Waals surface area contributed by atoms with Crippen molar-refractivity contribution in [2.75, 3.05) is 0 Å². The van der Waals surface area contributed by atoms with Gasteiger partial charge in [-0.25, -0.2) is 4.98 Å². The van der Waals surface area contributed by atoms with E-state index in [-0.39, 0.29) is 0 Å². The number of benzene rings is 1. The lowest BCUT2D eigenvalue weighted by Gasteiger charge is -2.22. The molecule has 0 fully saturated rings. The van der Waals surface area contributed by atoms with Crippen LogP contribution < -0.4 is 0 Å². The van der Waals surface area contributed by atoms with Gasteiger partial charge in [0.05, 0.1) is 15.2 Å². The number of hydrogen-bond acceptors (Lipinski definition) is 3. The molecule has 84 valence electrons. The summed E-state index contributed by atoms with van der Waals surface area (Å²) in [5.74, 6) is 0.610.